The summed E-state index contributed by atoms with van der Waals surface area (Å²) in [6.07, 6.45) is 3.32. The maximum Gasteiger partial charge on any atom is 0.106 e. The Hall–Kier alpha value is -0.840. The minimum absolute atomic E-state index is 0.186. The molecule has 3 N–H and O–H groups in total. The first-order chi connectivity index (χ1) is 8.63. The van der Waals surface area contributed by atoms with Crippen LogP contribution in [0.4, 0.5) is 0 Å². The van der Waals surface area contributed by atoms with Crippen LogP contribution in [0.15, 0.2) is 4.42 Å². The molecule has 0 aliphatic carbocycles. The highest BCUT2D eigenvalue weighted by Gasteiger charge is 2.24. The summed E-state index contributed by atoms with van der Waals surface area (Å²) in [6, 6.07) is 0.186. The molecule has 0 spiro atoms. The molecule has 0 amide bonds. The molecule has 4 nitrogen and oxygen atoms in total. The fourth-order valence-electron chi connectivity index (χ4n) is 2.91. The van der Waals surface area contributed by atoms with Gasteiger partial charge in [-0.25, -0.2) is 0 Å². The molecule has 1 saturated heterocycles. The Morgan fingerprint density at radius 2 is 1.89 bits per heavy atom. The smallest absolute Gasteiger partial charge is 0.106 e. The third kappa shape index (κ3) is 2.76. The maximum atomic E-state index is 5.75. The summed E-state index contributed by atoms with van der Waals surface area (Å²) in [6.45, 7) is 7.89. The number of aryl methyl sites for hydroxylation is 2. The van der Waals surface area contributed by atoms with Crippen LogP contribution in [-0.4, -0.2) is 13.2 Å². The van der Waals surface area contributed by atoms with E-state index in [1.807, 2.05) is 13.8 Å². The predicted octanol–water partition coefficient (Wildman–Crippen LogP) is 2.53. The predicted molar refractivity (Wildman–Crippen MR) is 71.1 cm³/mol. The zero-order valence-corrected chi connectivity index (χ0v) is 11.6. The molecule has 1 atom stereocenters. The fourth-order valence-corrected chi connectivity index (χ4v) is 2.91. The molecule has 102 valence electrons. The molecule has 0 aromatic carbocycles. The second kappa shape index (κ2) is 5.87. The van der Waals surface area contributed by atoms with Gasteiger partial charge in [0.15, 0.2) is 0 Å². The lowest BCUT2D eigenvalue weighted by Crippen LogP contribution is -2.31. The zero-order chi connectivity index (χ0) is 13.1. The van der Waals surface area contributed by atoms with Crippen LogP contribution in [0.25, 0.3) is 0 Å². The quantitative estimate of drug-likeness (QED) is 0.638. The van der Waals surface area contributed by atoms with Crippen molar-refractivity contribution >= 4 is 0 Å². The van der Waals surface area contributed by atoms with Crippen molar-refractivity contribution in [3.63, 3.8) is 0 Å². The third-order valence-electron chi connectivity index (χ3n) is 4.08. The largest absolute Gasteiger partial charge is 0.466 e. The number of nitrogens with one attached hydrogen (secondary N) is 1. The second-order valence-electron chi connectivity index (χ2n) is 5.26. The van der Waals surface area contributed by atoms with Crippen molar-refractivity contribution < 1.29 is 9.15 Å². The maximum absolute atomic E-state index is 5.75. The minimum atomic E-state index is 0.186. The molecule has 0 saturated carbocycles. The lowest BCUT2D eigenvalue weighted by atomic mass is 9.88. The standard InChI is InChI=1S/C14H24N2O2/c1-9-10(2)18-11(3)14(9)13(16-15)8-12-4-6-17-7-5-12/h12-13,16H,4-8,15H2,1-3H3. The molecular formula is C14H24N2O2. The summed E-state index contributed by atoms with van der Waals surface area (Å²) < 4.78 is 11.1. The Bertz CT molecular complexity index is 395. The molecule has 2 rings (SSSR count). The summed E-state index contributed by atoms with van der Waals surface area (Å²) in [5.41, 5.74) is 5.42. The Balaban J connectivity index is 2.12. The van der Waals surface area contributed by atoms with E-state index in [1.165, 1.54) is 11.1 Å². The molecule has 1 aliphatic rings. The minimum Gasteiger partial charge on any atom is -0.466 e. The molecule has 1 aromatic heterocycles. The van der Waals surface area contributed by atoms with Crippen molar-refractivity contribution in [3.05, 3.63) is 22.6 Å². The summed E-state index contributed by atoms with van der Waals surface area (Å²) in [5, 5.41) is 0. The first kappa shape index (κ1) is 13.6. The fraction of sp³-hybridized carbons (Fsp3) is 0.714. The van der Waals surface area contributed by atoms with E-state index in [1.54, 1.807) is 0 Å². The van der Waals surface area contributed by atoms with Crippen LogP contribution in [-0.2, 0) is 4.74 Å². The van der Waals surface area contributed by atoms with Crippen LogP contribution in [0, 0.1) is 26.7 Å². The van der Waals surface area contributed by atoms with Crippen molar-refractivity contribution in [2.24, 2.45) is 11.8 Å². The van der Waals surface area contributed by atoms with Crippen LogP contribution in [0.2, 0.25) is 0 Å². The van der Waals surface area contributed by atoms with Crippen molar-refractivity contribution in [3.8, 4) is 0 Å². The van der Waals surface area contributed by atoms with Gasteiger partial charge in [-0.15, -0.1) is 0 Å². The van der Waals surface area contributed by atoms with E-state index in [0.29, 0.717) is 5.92 Å². The highest BCUT2D eigenvalue weighted by molar-refractivity contribution is 5.34. The molecular weight excluding hydrogens is 228 g/mol. The molecule has 4 heteroatoms. The van der Waals surface area contributed by atoms with Gasteiger partial charge >= 0.3 is 0 Å². The molecule has 0 bridgehead atoms. The van der Waals surface area contributed by atoms with Gasteiger partial charge in [0.25, 0.3) is 0 Å². The van der Waals surface area contributed by atoms with Gasteiger partial charge in [-0.1, -0.05) is 0 Å². The van der Waals surface area contributed by atoms with E-state index in [-0.39, 0.29) is 6.04 Å². The topological polar surface area (TPSA) is 60.4 Å². The number of furan rings is 1. The van der Waals surface area contributed by atoms with Gasteiger partial charge in [-0.05, 0) is 51.5 Å². The number of hydrogen-bond acceptors (Lipinski definition) is 4. The van der Waals surface area contributed by atoms with E-state index < -0.39 is 0 Å². The van der Waals surface area contributed by atoms with Crippen molar-refractivity contribution in [1.29, 1.82) is 0 Å². The van der Waals surface area contributed by atoms with Gasteiger partial charge < -0.3 is 9.15 Å². The average molecular weight is 252 g/mol. The SMILES string of the molecule is Cc1oc(C)c(C(CC2CCOCC2)NN)c1C. The summed E-state index contributed by atoms with van der Waals surface area (Å²) in [5.74, 6) is 8.42. The summed E-state index contributed by atoms with van der Waals surface area (Å²) in [4.78, 5) is 0. The molecule has 1 aliphatic heterocycles. The Morgan fingerprint density at radius 3 is 2.39 bits per heavy atom. The van der Waals surface area contributed by atoms with Crippen LogP contribution in [0.1, 0.15) is 48.0 Å². The Kier molecular flexibility index (Phi) is 4.43. The number of ether oxygens (including phenoxy) is 1. The van der Waals surface area contributed by atoms with E-state index in [4.69, 9.17) is 15.0 Å². The van der Waals surface area contributed by atoms with E-state index in [9.17, 15) is 0 Å². The summed E-state index contributed by atoms with van der Waals surface area (Å²) >= 11 is 0. The van der Waals surface area contributed by atoms with Crippen LogP contribution >= 0.6 is 0 Å². The first-order valence-corrected chi connectivity index (χ1v) is 6.73. The van der Waals surface area contributed by atoms with Gasteiger partial charge in [0.1, 0.15) is 11.5 Å². The number of rotatable bonds is 4. The molecule has 1 unspecified atom stereocenters. The summed E-state index contributed by atoms with van der Waals surface area (Å²) in [7, 11) is 0. The molecule has 18 heavy (non-hydrogen) atoms. The number of nitrogens with two attached hydrogens (primary N) is 1. The van der Waals surface area contributed by atoms with Gasteiger partial charge in [0, 0.05) is 24.8 Å². The molecule has 2 heterocycles. The van der Waals surface area contributed by atoms with Gasteiger partial charge in [-0.2, -0.15) is 0 Å². The molecule has 1 aromatic rings. The molecule has 0 radical (unpaired) electrons. The van der Waals surface area contributed by atoms with Crippen molar-refractivity contribution in [2.75, 3.05) is 13.2 Å². The lowest BCUT2D eigenvalue weighted by molar-refractivity contribution is 0.0604. The first-order valence-electron chi connectivity index (χ1n) is 6.73. The van der Waals surface area contributed by atoms with E-state index in [2.05, 4.69) is 12.3 Å². The second-order valence-corrected chi connectivity index (χ2v) is 5.26. The number of hydrogen-bond donors (Lipinski definition) is 2. The van der Waals surface area contributed by atoms with Gasteiger partial charge in [-0.3, -0.25) is 11.3 Å². The van der Waals surface area contributed by atoms with Gasteiger partial charge in [0.05, 0.1) is 0 Å². The van der Waals surface area contributed by atoms with Crippen LogP contribution < -0.4 is 11.3 Å². The van der Waals surface area contributed by atoms with Crippen LogP contribution in [0.5, 0.6) is 0 Å². The van der Waals surface area contributed by atoms with Crippen molar-refractivity contribution in [2.45, 2.75) is 46.1 Å². The highest BCUT2D eigenvalue weighted by Crippen LogP contribution is 2.33. The number of hydrazine groups is 1. The van der Waals surface area contributed by atoms with E-state index in [0.717, 1.165) is 44.0 Å². The Labute approximate surface area is 109 Å². The zero-order valence-electron chi connectivity index (χ0n) is 11.6. The highest BCUT2D eigenvalue weighted by atomic mass is 16.5. The van der Waals surface area contributed by atoms with Crippen molar-refractivity contribution in [1.82, 2.24) is 5.43 Å². The van der Waals surface area contributed by atoms with Crippen LogP contribution in [0.3, 0.4) is 0 Å². The normalized spacial score (nSPS) is 19.1. The average Bonchev–Trinajstić information content (AvgIpc) is 2.62. The van der Waals surface area contributed by atoms with E-state index >= 15 is 0 Å². The molecule has 1 fully saturated rings. The third-order valence-corrected chi connectivity index (χ3v) is 4.08. The van der Waals surface area contributed by atoms with Gasteiger partial charge in [0.2, 0.25) is 0 Å². The monoisotopic (exact) mass is 252 g/mol. The Morgan fingerprint density at radius 1 is 1.22 bits per heavy atom. The lowest BCUT2D eigenvalue weighted by Gasteiger charge is -2.26.